The third-order valence-corrected chi connectivity index (χ3v) is 12.5. The van der Waals surface area contributed by atoms with E-state index in [0.717, 1.165) is 77.4 Å². The van der Waals surface area contributed by atoms with Crippen LogP contribution in [0.15, 0.2) is 0 Å². The van der Waals surface area contributed by atoms with Crippen molar-refractivity contribution in [2.45, 2.75) is 110 Å². The number of hydrogen-bond acceptors (Lipinski definition) is 5. The van der Waals surface area contributed by atoms with Gasteiger partial charge in [0, 0.05) is 37.7 Å². The number of halogens is 2. The van der Waals surface area contributed by atoms with E-state index in [1.807, 2.05) is 0 Å². The van der Waals surface area contributed by atoms with E-state index in [2.05, 4.69) is 25.7 Å². The van der Waals surface area contributed by atoms with Gasteiger partial charge in [-0.25, -0.2) is 0 Å². The fraction of sp³-hybridized carbons (Fsp3) is 0.938. The first-order chi connectivity index (χ1) is 19.0. The average Bonchev–Trinajstić information content (AvgIpc) is 3.25. The SMILES string of the molecule is C[C@H](CCC(=O)O)[C@H]1CC[C@H]2[C@@H]3[C@H](O)CC4C[C@H](OC(=O)CCCN(CCCl)CCCl)CC[C@]4(C)[C@H]3CC[C@]12C. The van der Waals surface area contributed by atoms with Gasteiger partial charge in [-0.1, -0.05) is 20.8 Å². The Morgan fingerprint density at radius 2 is 1.62 bits per heavy atom. The Balaban J connectivity index is 1.33. The summed E-state index contributed by atoms with van der Waals surface area (Å²) >= 11 is 11.8. The van der Waals surface area contributed by atoms with Gasteiger partial charge in [-0.05, 0) is 117 Å². The highest BCUT2D eigenvalue weighted by molar-refractivity contribution is 6.18. The summed E-state index contributed by atoms with van der Waals surface area (Å²) in [6.07, 6.45) is 10.1. The van der Waals surface area contributed by atoms with Gasteiger partial charge in [-0.3, -0.25) is 9.59 Å². The van der Waals surface area contributed by atoms with Crippen molar-refractivity contribution in [3.63, 3.8) is 0 Å². The summed E-state index contributed by atoms with van der Waals surface area (Å²) in [4.78, 5) is 26.1. The second-order valence-electron chi connectivity index (χ2n) is 14.1. The first kappa shape index (κ1) is 32.4. The average molecular weight is 603 g/mol. The van der Waals surface area contributed by atoms with Crippen LogP contribution in [-0.2, 0) is 14.3 Å². The van der Waals surface area contributed by atoms with Gasteiger partial charge in [0.2, 0.25) is 0 Å². The summed E-state index contributed by atoms with van der Waals surface area (Å²) < 4.78 is 5.99. The molecular weight excluding hydrogens is 549 g/mol. The van der Waals surface area contributed by atoms with E-state index in [-0.39, 0.29) is 35.4 Å². The van der Waals surface area contributed by atoms with E-state index in [1.54, 1.807) is 0 Å². The van der Waals surface area contributed by atoms with E-state index < -0.39 is 5.97 Å². The molecule has 0 aliphatic heterocycles. The van der Waals surface area contributed by atoms with Crippen LogP contribution in [0.3, 0.4) is 0 Å². The fourth-order valence-corrected chi connectivity index (χ4v) is 10.6. The smallest absolute Gasteiger partial charge is 0.306 e. The second kappa shape index (κ2) is 13.8. The van der Waals surface area contributed by atoms with Gasteiger partial charge < -0.3 is 19.8 Å². The maximum Gasteiger partial charge on any atom is 0.306 e. The van der Waals surface area contributed by atoms with E-state index in [4.69, 9.17) is 27.9 Å². The first-order valence-electron chi connectivity index (χ1n) is 16.0. The minimum absolute atomic E-state index is 0.0455. The molecule has 0 aromatic heterocycles. The zero-order chi connectivity index (χ0) is 29.1. The van der Waals surface area contributed by atoms with Crippen LogP contribution in [0.1, 0.15) is 97.8 Å². The molecule has 0 aromatic carbocycles. The van der Waals surface area contributed by atoms with Crippen molar-refractivity contribution in [3.8, 4) is 0 Å². The number of esters is 1. The van der Waals surface area contributed by atoms with Gasteiger partial charge in [0.15, 0.2) is 0 Å². The lowest BCUT2D eigenvalue weighted by molar-refractivity contribution is -0.183. The molecule has 4 fully saturated rings. The molecule has 8 heteroatoms. The second-order valence-corrected chi connectivity index (χ2v) is 14.9. The van der Waals surface area contributed by atoms with E-state index in [0.29, 0.717) is 53.7 Å². The predicted octanol–water partition coefficient (Wildman–Crippen LogP) is 6.59. The van der Waals surface area contributed by atoms with Gasteiger partial charge >= 0.3 is 11.9 Å². The number of aliphatic hydroxyl groups is 1. The Labute approximate surface area is 251 Å². The molecule has 230 valence electrons. The molecule has 2 N–H and O–H groups in total. The van der Waals surface area contributed by atoms with E-state index in [1.165, 1.54) is 6.42 Å². The summed E-state index contributed by atoms with van der Waals surface area (Å²) in [5, 5.41) is 20.9. The number of ether oxygens (including phenoxy) is 1. The largest absolute Gasteiger partial charge is 0.481 e. The van der Waals surface area contributed by atoms with Crippen LogP contribution in [0.25, 0.3) is 0 Å². The molecule has 0 bridgehead atoms. The standard InChI is InChI=1S/C32H53Cl2NO5/c1-21(6-9-28(37)38)24-7-8-25-30-26(11-13-32(24,25)3)31(2)12-10-23(19-22(31)20-27(30)36)40-29(39)5-4-16-35(17-14-33)18-15-34/h21-27,30,36H,4-20H2,1-3H3,(H,37,38)/t21-,22?,23-,24-,25+,26+,27-,30+,31+,32-/m1/s1. The van der Waals surface area contributed by atoms with Crippen LogP contribution in [-0.4, -0.2) is 70.7 Å². The molecule has 10 atom stereocenters. The number of carboxylic acid groups (broad SMARTS) is 1. The van der Waals surface area contributed by atoms with Crippen molar-refractivity contribution in [3.05, 3.63) is 0 Å². The van der Waals surface area contributed by atoms with Gasteiger partial charge in [0.05, 0.1) is 6.10 Å². The number of hydrogen-bond donors (Lipinski definition) is 2. The minimum atomic E-state index is -0.700. The summed E-state index contributed by atoms with van der Waals surface area (Å²) in [6.45, 7) is 9.52. The number of alkyl halides is 2. The highest BCUT2D eigenvalue weighted by atomic mass is 35.5. The molecule has 0 radical (unpaired) electrons. The molecule has 1 unspecified atom stereocenters. The molecule has 4 rings (SSSR count). The lowest BCUT2D eigenvalue weighted by atomic mass is 9.43. The molecule has 4 saturated carbocycles. The van der Waals surface area contributed by atoms with Crippen LogP contribution >= 0.6 is 23.2 Å². The molecule has 4 aliphatic rings. The molecule has 0 aromatic rings. The lowest BCUT2D eigenvalue weighted by Crippen LogP contribution is -2.58. The lowest BCUT2D eigenvalue weighted by Gasteiger charge is -2.62. The summed E-state index contributed by atoms with van der Waals surface area (Å²) in [6, 6.07) is 0. The van der Waals surface area contributed by atoms with Crippen molar-refractivity contribution in [1.29, 1.82) is 0 Å². The van der Waals surface area contributed by atoms with Crippen molar-refractivity contribution >= 4 is 35.1 Å². The van der Waals surface area contributed by atoms with E-state index >= 15 is 0 Å². The highest BCUT2D eigenvalue weighted by Crippen LogP contribution is 2.68. The fourth-order valence-electron chi connectivity index (χ4n) is 10.1. The minimum Gasteiger partial charge on any atom is -0.481 e. The Hall–Kier alpha value is -0.560. The predicted molar refractivity (Wildman–Crippen MR) is 160 cm³/mol. The monoisotopic (exact) mass is 601 g/mol. The number of fused-ring (bicyclic) bond motifs is 5. The number of aliphatic carboxylic acids is 1. The van der Waals surface area contributed by atoms with Crippen molar-refractivity contribution in [2.75, 3.05) is 31.4 Å². The number of nitrogens with zero attached hydrogens (tertiary/aromatic N) is 1. The number of rotatable bonds is 13. The summed E-state index contributed by atoms with van der Waals surface area (Å²) in [5.41, 5.74) is 0.379. The molecule has 40 heavy (non-hydrogen) atoms. The van der Waals surface area contributed by atoms with Crippen LogP contribution < -0.4 is 0 Å². The Kier molecular flexibility index (Phi) is 11.2. The topological polar surface area (TPSA) is 87.1 Å². The van der Waals surface area contributed by atoms with Crippen molar-refractivity contribution < 1.29 is 24.5 Å². The van der Waals surface area contributed by atoms with Crippen LogP contribution in [0.4, 0.5) is 0 Å². The summed E-state index contributed by atoms with van der Waals surface area (Å²) in [7, 11) is 0. The van der Waals surface area contributed by atoms with Gasteiger partial charge in [-0.15, -0.1) is 23.2 Å². The molecule has 6 nitrogen and oxygen atoms in total. The van der Waals surface area contributed by atoms with Gasteiger partial charge in [-0.2, -0.15) is 0 Å². The van der Waals surface area contributed by atoms with Gasteiger partial charge in [0.25, 0.3) is 0 Å². The third kappa shape index (κ3) is 6.81. The molecule has 0 spiro atoms. The number of carbonyl (C=O) groups excluding carboxylic acids is 1. The maximum atomic E-state index is 12.7. The highest BCUT2D eigenvalue weighted by Gasteiger charge is 2.63. The Morgan fingerprint density at radius 3 is 2.30 bits per heavy atom. The van der Waals surface area contributed by atoms with E-state index in [9.17, 15) is 19.8 Å². The molecule has 4 aliphatic carbocycles. The quantitative estimate of drug-likeness (QED) is 0.183. The number of aliphatic hydroxyl groups excluding tert-OH is 1. The number of carboxylic acids is 1. The summed E-state index contributed by atoms with van der Waals surface area (Å²) in [5.74, 6) is 3.00. The van der Waals surface area contributed by atoms with Crippen LogP contribution in [0, 0.1) is 46.3 Å². The zero-order valence-corrected chi connectivity index (χ0v) is 26.5. The molecule has 0 amide bonds. The Bertz CT molecular complexity index is 868. The molecule has 0 heterocycles. The third-order valence-electron chi connectivity index (χ3n) is 12.2. The van der Waals surface area contributed by atoms with Crippen LogP contribution in [0.2, 0.25) is 0 Å². The van der Waals surface area contributed by atoms with Crippen molar-refractivity contribution in [2.24, 2.45) is 46.3 Å². The van der Waals surface area contributed by atoms with Gasteiger partial charge in [0.1, 0.15) is 6.10 Å². The van der Waals surface area contributed by atoms with Crippen LogP contribution in [0.5, 0.6) is 0 Å². The molecule has 0 saturated heterocycles. The zero-order valence-electron chi connectivity index (χ0n) is 25.0. The van der Waals surface area contributed by atoms with Crippen molar-refractivity contribution in [1.82, 2.24) is 4.90 Å². The molecular formula is C32H53Cl2NO5. The Morgan fingerprint density at radius 1 is 0.950 bits per heavy atom. The first-order valence-corrected chi connectivity index (χ1v) is 17.0. The maximum absolute atomic E-state index is 12.7. The normalized spacial score (nSPS) is 39.7. The number of carbonyl (C=O) groups is 2.